The van der Waals surface area contributed by atoms with Crippen LogP contribution in [0.15, 0.2) is 0 Å². The molecule has 0 bridgehead atoms. The molecule has 0 radical (unpaired) electrons. The highest BCUT2D eigenvalue weighted by Crippen LogP contribution is 2.36. The second-order valence-electron chi connectivity index (χ2n) is 6.05. The molecule has 0 aromatic carbocycles. The SMILES string of the molecule is CNCC(O)CN(C)C1CCC(C)(C)CC1. The first kappa shape index (κ1) is 13.9. The lowest BCUT2D eigenvalue weighted by atomic mass is 9.75. The van der Waals surface area contributed by atoms with Crippen LogP contribution in [-0.4, -0.2) is 49.3 Å². The minimum absolute atomic E-state index is 0.245. The van der Waals surface area contributed by atoms with Gasteiger partial charge in [0.15, 0.2) is 0 Å². The lowest BCUT2D eigenvalue weighted by Crippen LogP contribution is -2.43. The highest BCUT2D eigenvalue weighted by molar-refractivity contribution is 4.83. The summed E-state index contributed by atoms with van der Waals surface area (Å²) in [4.78, 5) is 2.33. The average molecular weight is 228 g/mol. The highest BCUT2D eigenvalue weighted by Gasteiger charge is 2.29. The summed E-state index contributed by atoms with van der Waals surface area (Å²) in [5.41, 5.74) is 0.529. The molecule has 1 unspecified atom stereocenters. The minimum Gasteiger partial charge on any atom is -0.390 e. The molecule has 0 aromatic heterocycles. The van der Waals surface area contributed by atoms with Crippen molar-refractivity contribution in [3.05, 3.63) is 0 Å². The monoisotopic (exact) mass is 228 g/mol. The number of nitrogens with zero attached hydrogens (tertiary/aromatic N) is 1. The van der Waals surface area contributed by atoms with Gasteiger partial charge in [0.05, 0.1) is 6.10 Å². The van der Waals surface area contributed by atoms with Crippen molar-refractivity contribution in [1.82, 2.24) is 10.2 Å². The average Bonchev–Trinajstić information content (AvgIpc) is 2.17. The Bertz CT molecular complexity index is 196. The van der Waals surface area contributed by atoms with Crippen LogP contribution >= 0.6 is 0 Å². The Hall–Kier alpha value is -0.120. The summed E-state index contributed by atoms with van der Waals surface area (Å²) in [6.07, 6.45) is 4.92. The fraction of sp³-hybridized carbons (Fsp3) is 1.00. The smallest absolute Gasteiger partial charge is 0.0791 e. The third-order valence-electron chi connectivity index (χ3n) is 3.87. The van der Waals surface area contributed by atoms with E-state index >= 15 is 0 Å². The first-order chi connectivity index (χ1) is 7.44. The molecular weight excluding hydrogens is 200 g/mol. The molecule has 1 fully saturated rings. The van der Waals surface area contributed by atoms with E-state index in [1.807, 2.05) is 7.05 Å². The molecule has 0 aromatic rings. The first-order valence-corrected chi connectivity index (χ1v) is 6.47. The molecule has 0 spiro atoms. The van der Waals surface area contributed by atoms with E-state index in [0.717, 1.165) is 6.54 Å². The van der Waals surface area contributed by atoms with E-state index in [1.54, 1.807) is 0 Å². The molecule has 3 nitrogen and oxygen atoms in total. The predicted molar refractivity (Wildman–Crippen MR) is 68.6 cm³/mol. The van der Waals surface area contributed by atoms with Crippen molar-refractivity contribution in [2.45, 2.75) is 51.7 Å². The fourth-order valence-electron chi connectivity index (χ4n) is 2.61. The number of aliphatic hydroxyl groups is 1. The molecule has 0 saturated heterocycles. The summed E-state index contributed by atoms with van der Waals surface area (Å²) < 4.78 is 0. The molecule has 1 rings (SSSR count). The van der Waals surface area contributed by atoms with Crippen molar-refractivity contribution in [2.24, 2.45) is 5.41 Å². The summed E-state index contributed by atoms with van der Waals surface area (Å²) in [5, 5.41) is 12.8. The molecule has 1 saturated carbocycles. The van der Waals surface area contributed by atoms with Gasteiger partial charge in [0.1, 0.15) is 0 Å². The Morgan fingerprint density at radius 3 is 2.44 bits per heavy atom. The van der Waals surface area contributed by atoms with E-state index in [4.69, 9.17) is 0 Å². The lowest BCUT2D eigenvalue weighted by molar-refractivity contribution is 0.0731. The van der Waals surface area contributed by atoms with Crippen LogP contribution in [0.1, 0.15) is 39.5 Å². The van der Waals surface area contributed by atoms with Gasteiger partial charge in [0.25, 0.3) is 0 Å². The maximum absolute atomic E-state index is 9.75. The highest BCUT2D eigenvalue weighted by atomic mass is 16.3. The van der Waals surface area contributed by atoms with Crippen LogP contribution in [0.3, 0.4) is 0 Å². The van der Waals surface area contributed by atoms with E-state index < -0.39 is 0 Å². The van der Waals surface area contributed by atoms with Crippen molar-refractivity contribution in [2.75, 3.05) is 27.2 Å². The van der Waals surface area contributed by atoms with E-state index in [0.29, 0.717) is 18.0 Å². The topological polar surface area (TPSA) is 35.5 Å². The first-order valence-electron chi connectivity index (χ1n) is 6.47. The zero-order chi connectivity index (χ0) is 12.2. The van der Waals surface area contributed by atoms with Gasteiger partial charge >= 0.3 is 0 Å². The second kappa shape index (κ2) is 5.99. The molecule has 1 aliphatic carbocycles. The molecule has 0 heterocycles. The molecule has 1 atom stereocenters. The molecule has 3 heteroatoms. The van der Waals surface area contributed by atoms with Gasteiger partial charge in [-0.15, -0.1) is 0 Å². The van der Waals surface area contributed by atoms with Crippen LogP contribution in [0.25, 0.3) is 0 Å². The van der Waals surface area contributed by atoms with Crippen molar-refractivity contribution >= 4 is 0 Å². The van der Waals surface area contributed by atoms with Crippen LogP contribution in [0.2, 0.25) is 0 Å². The molecule has 96 valence electrons. The fourth-order valence-corrected chi connectivity index (χ4v) is 2.61. The predicted octanol–water partition coefficient (Wildman–Crippen LogP) is 1.47. The van der Waals surface area contributed by atoms with Crippen LogP contribution in [0.5, 0.6) is 0 Å². The van der Waals surface area contributed by atoms with Gasteiger partial charge in [-0.1, -0.05) is 13.8 Å². The van der Waals surface area contributed by atoms with Gasteiger partial charge in [-0.2, -0.15) is 0 Å². The molecule has 1 aliphatic rings. The summed E-state index contributed by atoms with van der Waals surface area (Å²) >= 11 is 0. The molecule has 2 N–H and O–H groups in total. The normalized spacial score (nSPS) is 23.6. The third-order valence-corrected chi connectivity index (χ3v) is 3.87. The molecular formula is C13H28N2O. The van der Waals surface area contributed by atoms with Crippen LogP contribution in [0, 0.1) is 5.41 Å². The van der Waals surface area contributed by atoms with E-state index in [-0.39, 0.29) is 6.10 Å². The van der Waals surface area contributed by atoms with Crippen molar-refractivity contribution < 1.29 is 5.11 Å². The van der Waals surface area contributed by atoms with Crippen LogP contribution in [-0.2, 0) is 0 Å². The summed E-state index contributed by atoms with van der Waals surface area (Å²) in [7, 11) is 4.02. The van der Waals surface area contributed by atoms with Crippen LogP contribution in [0.4, 0.5) is 0 Å². The van der Waals surface area contributed by atoms with Gasteiger partial charge < -0.3 is 15.3 Å². The summed E-state index contributed by atoms with van der Waals surface area (Å²) in [6.45, 7) is 6.19. The van der Waals surface area contributed by atoms with Gasteiger partial charge in [-0.3, -0.25) is 0 Å². The van der Waals surface area contributed by atoms with Crippen LogP contribution < -0.4 is 5.32 Å². The maximum Gasteiger partial charge on any atom is 0.0791 e. The van der Waals surface area contributed by atoms with E-state index in [9.17, 15) is 5.11 Å². The maximum atomic E-state index is 9.75. The molecule has 16 heavy (non-hydrogen) atoms. The minimum atomic E-state index is -0.245. The van der Waals surface area contributed by atoms with E-state index in [2.05, 4.69) is 31.1 Å². The van der Waals surface area contributed by atoms with Gasteiger partial charge in [-0.05, 0) is 45.2 Å². The lowest BCUT2D eigenvalue weighted by Gasteiger charge is -2.39. The van der Waals surface area contributed by atoms with Gasteiger partial charge in [0, 0.05) is 19.1 Å². The second-order valence-corrected chi connectivity index (χ2v) is 6.05. The van der Waals surface area contributed by atoms with Crippen molar-refractivity contribution in [3.63, 3.8) is 0 Å². The van der Waals surface area contributed by atoms with Crippen molar-refractivity contribution in [1.29, 1.82) is 0 Å². The number of likely N-dealkylation sites (N-methyl/N-ethyl adjacent to an activating group) is 2. The number of hydrogen-bond acceptors (Lipinski definition) is 3. The van der Waals surface area contributed by atoms with Gasteiger partial charge in [0.2, 0.25) is 0 Å². The van der Waals surface area contributed by atoms with Gasteiger partial charge in [-0.25, -0.2) is 0 Å². The molecule has 0 amide bonds. The standard InChI is InChI=1S/C13H28N2O/c1-13(2)7-5-11(6-8-13)15(4)10-12(16)9-14-3/h11-12,14,16H,5-10H2,1-4H3. The Balaban J connectivity index is 2.30. The number of rotatable bonds is 5. The number of hydrogen-bond donors (Lipinski definition) is 2. The zero-order valence-corrected chi connectivity index (χ0v) is 11.3. The molecule has 0 aliphatic heterocycles. The zero-order valence-electron chi connectivity index (χ0n) is 11.3. The van der Waals surface area contributed by atoms with E-state index in [1.165, 1.54) is 25.7 Å². The Morgan fingerprint density at radius 2 is 1.94 bits per heavy atom. The summed E-state index contributed by atoms with van der Waals surface area (Å²) in [6, 6.07) is 0.666. The Labute approximate surface area is 100 Å². The van der Waals surface area contributed by atoms with Crippen molar-refractivity contribution in [3.8, 4) is 0 Å². The quantitative estimate of drug-likeness (QED) is 0.748. The number of nitrogens with one attached hydrogen (secondary N) is 1. The Morgan fingerprint density at radius 1 is 1.38 bits per heavy atom. The Kier molecular flexibility index (Phi) is 5.22. The number of aliphatic hydroxyl groups excluding tert-OH is 1. The summed E-state index contributed by atoms with van der Waals surface area (Å²) in [5.74, 6) is 0. The largest absolute Gasteiger partial charge is 0.390 e. The third kappa shape index (κ3) is 4.40.